The van der Waals surface area contributed by atoms with Gasteiger partial charge in [0.05, 0.1) is 21.6 Å². The van der Waals surface area contributed by atoms with Crippen molar-refractivity contribution in [2.75, 3.05) is 0 Å². The summed E-state index contributed by atoms with van der Waals surface area (Å²) in [6, 6.07) is 4.94. The Morgan fingerprint density at radius 3 is 2.87 bits per heavy atom. The van der Waals surface area contributed by atoms with Gasteiger partial charge in [0.25, 0.3) is 0 Å². The number of phenols is 1. The first-order chi connectivity index (χ1) is 7.07. The van der Waals surface area contributed by atoms with Crippen LogP contribution in [-0.2, 0) is 6.42 Å². The zero-order valence-corrected chi connectivity index (χ0v) is 9.85. The van der Waals surface area contributed by atoms with Gasteiger partial charge in [0.1, 0.15) is 5.75 Å². The van der Waals surface area contributed by atoms with Crippen molar-refractivity contribution in [1.29, 1.82) is 5.26 Å². The molecule has 0 aliphatic heterocycles. The Hall–Kier alpha value is -1.29. The summed E-state index contributed by atoms with van der Waals surface area (Å²) in [5, 5.41) is 17.8. The summed E-state index contributed by atoms with van der Waals surface area (Å²) in [6.45, 7) is 0. The number of amides is 1. The van der Waals surface area contributed by atoms with Crippen LogP contribution < -0.4 is 5.73 Å². The van der Waals surface area contributed by atoms with Crippen LogP contribution in [0.5, 0.6) is 5.75 Å². The molecule has 4 nitrogen and oxygen atoms in total. The number of nitrogens with two attached hydrogens (primary N) is 1. The predicted molar refractivity (Wildman–Crippen MR) is 63.0 cm³/mol. The number of halogens is 1. The minimum Gasteiger partial charge on any atom is -0.507 e. The summed E-state index contributed by atoms with van der Waals surface area (Å²) in [4.78, 5) is 11.2. The van der Waals surface area contributed by atoms with Crippen LogP contribution in [-0.4, -0.2) is 11.0 Å². The smallest absolute Gasteiger partial charge is 0.250 e. The third kappa shape index (κ3) is 2.59. The van der Waals surface area contributed by atoms with E-state index in [-0.39, 0.29) is 11.3 Å². The van der Waals surface area contributed by atoms with E-state index in [9.17, 15) is 9.90 Å². The Bertz CT molecular complexity index is 438. The fraction of sp³-hybridized carbons (Fsp3) is 0.100. The molecule has 0 bridgehead atoms. The first kappa shape index (κ1) is 11.8. The first-order valence-electron chi connectivity index (χ1n) is 4.09. The zero-order chi connectivity index (χ0) is 11.4. The molecule has 15 heavy (non-hydrogen) atoms. The highest BCUT2D eigenvalue weighted by Gasteiger charge is 2.15. The lowest BCUT2D eigenvalue weighted by Crippen LogP contribution is -2.15. The van der Waals surface area contributed by atoms with Crippen LogP contribution >= 0.6 is 22.6 Å². The molecule has 0 aliphatic carbocycles. The Labute approximate surface area is 101 Å². The maximum absolute atomic E-state index is 11.2. The highest BCUT2D eigenvalue weighted by atomic mass is 127. The average Bonchev–Trinajstić information content (AvgIpc) is 2.19. The van der Waals surface area contributed by atoms with Gasteiger partial charge in [-0.1, -0.05) is 6.07 Å². The highest BCUT2D eigenvalue weighted by Crippen LogP contribution is 2.26. The van der Waals surface area contributed by atoms with Crippen LogP contribution in [0.4, 0.5) is 0 Å². The molecule has 1 amide bonds. The van der Waals surface area contributed by atoms with Crippen molar-refractivity contribution in [3.05, 3.63) is 33.3 Å². The van der Waals surface area contributed by atoms with Crippen LogP contribution in [0.1, 0.15) is 15.9 Å². The fourth-order valence-corrected chi connectivity index (χ4v) is 1.99. The SMILES string of the molecule is N#C[CH]Cc1ccc(O)c(I)c1C(N)=O. The maximum atomic E-state index is 11.2. The molecule has 1 rings (SSSR count). The molecule has 1 aromatic carbocycles. The molecule has 0 heterocycles. The monoisotopic (exact) mass is 315 g/mol. The van der Waals surface area contributed by atoms with Crippen molar-refractivity contribution in [2.24, 2.45) is 5.73 Å². The quantitative estimate of drug-likeness (QED) is 0.826. The largest absolute Gasteiger partial charge is 0.507 e. The van der Waals surface area contributed by atoms with Crippen molar-refractivity contribution in [3.8, 4) is 11.8 Å². The molecule has 0 aromatic heterocycles. The molecule has 0 unspecified atom stereocenters. The first-order valence-corrected chi connectivity index (χ1v) is 5.17. The molecule has 77 valence electrons. The number of phenolic OH excluding ortho intramolecular Hbond substituents is 1. The van der Waals surface area contributed by atoms with Crippen LogP contribution in [0.25, 0.3) is 0 Å². The summed E-state index contributed by atoms with van der Waals surface area (Å²) in [5.74, 6) is -0.582. The van der Waals surface area contributed by atoms with Gasteiger partial charge in [0, 0.05) is 0 Å². The summed E-state index contributed by atoms with van der Waals surface area (Å²) in [7, 11) is 0. The summed E-state index contributed by atoms with van der Waals surface area (Å²) < 4.78 is 0.420. The minimum atomic E-state index is -0.600. The third-order valence-electron chi connectivity index (χ3n) is 1.87. The lowest BCUT2D eigenvalue weighted by atomic mass is 10.0. The Morgan fingerprint density at radius 1 is 1.67 bits per heavy atom. The molecule has 0 saturated heterocycles. The van der Waals surface area contributed by atoms with Crippen LogP contribution in [0.15, 0.2) is 12.1 Å². The number of primary amides is 1. The van der Waals surface area contributed by atoms with Crippen molar-refractivity contribution in [3.63, 3.8) is 0 Å². The van der Waals surface area contributed by atoms with E-state index in [1.807, 2.05) is 28.7 Å². The minimum absolute atomic E-state index is 0.0186. The summed E-state index contributed by atoms with van der Waals surface area (Å²) in [6.07, 6.45) is 1.71. The van der Waals surface area contributed by atoms with Gasteiger partial charge in [0.15, 0.2) is 0 Å². The van der Waals surface area contributed by atoms with Gasteiger partial charge in [-0.25, -0.2) is 0 Å². The second-order valence-electron chi connectivity index (χ2n) is 2.83. The van der Waals surface area contributed by atoms with Gasteiger partial charge < -0.3 is 10.8 Å². The number of carbonyl (C=O) groups is 1. The number of hydrogen-bond acceptors (Lipinski definition) is 3. The lowest BCUT2D eigenvalue weighted by molar-refractivity contribution is 0.0998. The van der Waals surface area contributed by atoms with Gasteiger partial charge in [-0.05, 0) is 40.6 Å². The van der Waals surface area contributed by atoms with Gasteiger partial charge >= 0.3 is 0 Å². The Balaban J connectivity index is 3.22. The van der Waals surface area contributed by atoms with Crippen molar-refractivity contribution >= 4 is 28.5 Å². The number of nitriles is 1. The van der Waals surface area contributed by atoms with Crippen LogP contribution in [0, 0.1) is 21.3 Å². The van der Waals surface area contributed by atoms with E-state index in [0.29, 0.717) is 15.6 Å². The van der Waals surface area contributed by atoms with Gasteiger partial charge in [-0.15, -0.1) is 0 Å². The molecule has 0 spiro atoms. The molecule has 0 fully saturated rings. The molecular formula is C10H8IN2O2. The molecule has 1 radical (unpaired) electrons. The van der Waals surface area contributed by atoms with Gasteiger partial charge in [0.2, 0.25) is 5.91 Å². The van der Waals surface area contributed by atoms with Crippen molar-refractivity contribution in [2.45, 2.75) is 6.42 Å². The summed E-state index contributed by atoms with van der Waals surface area (Å²) in [5.41, 5.74) is 6.13. The topological polar surface area (TPSA) is 87.1 Å². The molecule has 0 aliphatic rings. The number of benzene rings is 1. The molecule has 5 heteroatoms. The fourth-order valence-electron chi connectivity index (χ4n) is 1.20. The molecule has 3 N–H and O–H groups in total. The van der Waals surface area contributed by atoms with Crippen LogP contribution in [0.2, 0.25) is 0 Å². The molecule has 1 aromatic rings. The van der Waals surface area contributed by atoms with Gasteiger partial charge in [-0.3, -0.25) is 4.79 Å². The number of aromatic hydroxyl groups is 1. The number of hydrogen-bond donors (Lipinski definition) is 2. The van der Waals surface area contributed by atoms with Crippen molar-refractivity contribution in [1.82, 2.24) is 0 Å². The molecular weight excluding hydrogens is 307 g/mol. The predicted octanol–water partition coefficient (Wildman–Crippen LogP) is 1.37. The van der Waals surface area contributed by atoms with E-state index in [1.165, 1.54) is 12.5 Å². The standard InChI is InChI=1S/C10H8IN2O2/c11-9-7(14)4-3-6(2-1-5-12)8(9)10(13)15/h1,3-4,14H,2H2,(H2,13,15). The second kappa shape index (κ2) is 4.98. The van der Waals surface area contributed by atoms with Crippen molar-refractivity contribution < 1.29 is 9.90 Å². The zero-order valence-electron chi connectivity index (χ0n) is 7.70. The molecule has 0 saturated carbocycles. The van der Waals surface area contributed by atoms with E-state index in [4.69, 9.17) is 11.0 Å². The lowest BCUT2D eigenvalue weighted by Gasteiger charge is -2.08. The number of rotatable bonds is 3. The maximum Gasteiger partial charge on any atom is 0.250 e. The Kier molecular flexibility index (Phi) is 3.91. The van der Waals surface area contributed by atoms with E-state index in [2.05, 4.69) is 0 Å². The highest BCUT2D eigenvalue weighted by molar-refractivity contribution is 14.1. The normalized spacial score (nSPS) is 9.60. The van der Waals surface area contributed by atoms with E-state index in [1.54, 1.807) is 6.07 Å². The number of carbonyl (C=O) groups excluding carboxylic acids is 1. The molecule has 0 atom stereocenters. The van der Waals surface area contributed by atoms with E-state index >= 15 is 0 Å². The third-order valence-corrected chi connectivity index (χ3v) is 2.96. The second-order valence-corrected chi connectivity index (χ2v) is 3.91. The Morgan fingerprint density at radius 2 is 2.33 bits per heavy atom. The summed E-state index contributed by atoms with van der Waals surface area (Å²) >= 11 is 1.85. The van der Waals surface area contributed by atoms with Gasteiger partial charge in [-0.2, -0.15) is 5.26 Å². The average molecular weight is 315 g/mol. The van der Waals surface area contributed by atoms with Crippen LogP contribution in [0.3, 0.4) is 0 Å². The van der Waals surface area contributed by atoms with E-state index < -0.39 is 5.91 Å². The number of nitrogens with zero attached hydrogens (tertiary/aromatic N) is 1. The van der Waals surface area contributed by atoms with E-state index in [0.717, 1.165) is 0 Å².